The third-order valence-electron chi connectivity index (χ3n) is 3.21. The molecule has 2 aromatic rings. The summed E-state index contributed by atoms with van der Waals surface area (Å²) in [6, 6.07) is 8.03. The Morgan fingerprint density at radius 2 is 1.66 bits per heavy atom. The molecular formula is C24H37FN2O2. The molecule has 0 fully saturated rings. The van der Waals surface area contributed by atoms with Crippen LogP contribution in [0, 0.1) is 18.2 Å². The fourth-order valence-corrected chi connectivity index (χ4v) is 2.04. The summed E-state index contributed by atoms with van der Waals surface area (Å²) >= 11 is 0. The SMILES string of the molecule is CC.CC(=O)N(CCOc1cncc(C)c1)Cc1ccc(F)cc1.CC(C)(C)C. The lowest BCUT2D eigenvalue weighted by atomic mass is 10.0. The summed E-state index contributed by atoms with van der Waals surface area (Å²) in [5.41, 5.74) is 2.40. The van der Waals surface area contributed by atoms with Gasteiger partial charge < -0.3 is 9.64 Å². The van der Waals surface area contributed by atoms with E-state index in [-0.39, 0.29) is 11.7 Å². The summed E-state index contributed by atoms with van der Waals surface area (Å²) < 4.78 is 18.5. The van der Waals surface area contributed by atoms with Gasteiger partial charge in [-0.2, -0.15) is 0 Å². The van der Waals surface area contributed by atoms with E-state index in [1.54, 1.807) is 29.4 Å². The molecule has 1 aromatic heterocycles. The van der Waals surface area contributed by atoms with Gasteiger partial charge in [0.1, 0.15) is 18.2 Å². The van der Waals surface area contributed by atoms with Crippen LogP contribution >= 0.6 is 0 Å². The van der Waals surface area contributed by atoms with Crippen molar-refractivity contribution in [1.82, 2.24) is 9.88 Å². The summed E-state index contributed by atoms with van der Waals surface area (Å²) in [5.74, 6) is 0.356. The standard InChI is InChI=1S/C17H19FN2O2.C5H12.C2H6/c1-13-9-17(11-19-10-13)22-8-7-20(14(2)21)12-15-3-5-16(18)6-4-15;1-5(2,3)4;1-2/h3-6,9-11H,7-8,12H2,1-2H3;1-4H3;1-2H3. The van der Waals surface area contributed by atoms with Gasteiger partial charge in [0.15, 0.2) is 0 Å². The number of nitrogens with zero attached hydrogens (tertiary/aromatic N) is 2. The number of benzene rings is 1. The van der Waals surface area contributed by atoms with E-state index in [2.05, 4.69) is 32.7 Å². The summed E-state index contributed by atoms with van der Waals surface area (Å²) in [5, 5.41) is 0. The van der Waals surface area contributed by atoms with Crippen molar-refractivity contribution in [3.05, 3.63) is 59.7 Å². The summed E-state index contributed by atoms with van der Waals surface area (Å²) in [4.78, 5) is 17.4. The Hall–Kier alpha value is -2.43. The maximum absolute atomic E-state index is 12.9. The van der Waals surface area contributed by atoms with E-state index in [0.29, 0.717) is 30.9 Å². The van der Waals surface area contributed by atoms with Crippen LogP contribution in [0.1, 0.15) is 59.6 Å². The quantitative estimate of drug-likeness (QED) is 0.590. The van der Waals surface area contributed by atoms with Crippen molar-refractivity contribution in [2.75, 3.05) is 13.2 Å². The van der Waals surface area contributed by atoms with E-state index < -0.39 is 0 Å². The van der Waals surface area contributed by atoms with Gasteiger partial charge in [-0.3, -0.25) is 9.78 Å². The largest absolute Gasteiger partial charge is 0.490 e. The van der Waals surface area contributed by atoms with E-state index in [9.17, 15) is 9.18 Å². The molecule has 2 rings (SSSR count). The number of carbonyl (C=O) groups excluding carboxylic acids is 1. The molecule has 0 spiro atoms. The highest BCUT2D eigenvalue weighted by molar-refractivity contribution is 5.73. The van der Waals surface area contributed by atoms with E-state index in [0.717, 1.165) is 11.1 Å². The van der Waals surface area contributed by atoms with Crippen LogP contribution in [0.2, 0.25) is 0 Å². The third-order valence-corrected chi connectivity index (χ3v) is 3.21. The van der Waals surface area contributed by atoms with Crippen LogP contribution in [0.5, 0.6) is 5.75 Å². The molecule has 1 heterocycles. The lowest BCUT2D eigenvalue weighted by molar-refractivity contribution is -0.129. The van der Waals surface area contributed by atoms with Gasteiger partial charge in [0.25, 0.3) is 0 Å². The molecule has 0 atom stereocenters. The Labute approximate surface area is 176 Å². The first-order valence-corrected chi connectivity index (χ1v) is 10.1. The van der Waals surface area contributed by atoms with Gasteiger partial charge in [-0.1, -0.05) is 53.7 Å². The second-order valence-corrected chi connectivity index (χ2v) is 8.11. The summed E-state index contributed by atoms with van der Waals surface area (Å²) in [6.07, 6.45) is 3.40. The first kappa shape index (κ1) is 26.6. The number of hydrogen-bond donors (Lipinski definition) is 0. The number of rotatable bonds is 6. The number of halogens is 1. The molecule has 1 aromatic carbocycles. The van der Waals surface area contributed by atoms with Gasteiger partial charge in [-0.25, -0.2) is 4.39 Å². The number of carbonyl (C=O) groups is 1. The van der Waals surface area contributed by atoms with Gasteiger partial charge in [-0.15, -0.1) is 0 Å². The van der Waals surface area contributed by atoms with Crippen molar-refractivity contribution in [2.45, 2.75) is 61.9 Å². The number of amides is 1. The highest BCUT2D eigenvalue weighted by atomic mass is 19.1. The maximum atomic E-state index is 12.9. The smallest absolute Gasteiger partial charge is 0.219 e. The molecular weight excluding hydrogens is 367 g/mol. The molecule has 0 aliphatic heterocycles. The zero-order valence-corrected chi connectivity index (χ0v) is 19.3. The van der Waals surface area contributed by atoms with Crippen molar-refractivity contribution in [3.8, 4) is 5.75 Å². The van der Waals surface area contributed by atoms with Gasteiger partial charge in [0.2, 0.25) is 5.91 Å². The molecule has 0 unspecified atom stereocenters. The fraction of sp³-hybridized carbons (Fsp3) is 0.500. The molecule has 0 saturated heterocycles. The predicted molar refractivity (Wildman–Crippen MR) is 118 cm³/mol. The highest BCUT2D eigenvalue weighted by Gasteiger charge is 2.10. The minimum atomic E-state index is -0.284. The Bertz CT molecular complexity index is 704. The molecule has 0 bridgehead atoms. The Kier molecular flexibility index (Phi) is 12.5. The molecule has 0 aliphatic carbocycles. The van der Waals surface area contributed by atoms with Crippen LogP contribution in [0.25, 0.3) is 0 Å². The zero-order chi connectivity index (χ0) is 22.4. The predicted octanol–water partition coefficient (Wildman–Crippen LogP) is 6.04. The van der Waals surface area contributed by atoms with Gasteiger partial charge in [-0.05, 0) is 41.7 Å². The molecule has 29 heavy (non-hydrogen) atoms. The monoisotopic (exact) mass is 404 g/mol. The Morgan fingerprint density at radius 3 is 2.14 bits per heavy atom. The highest BCUT2D eigenvalue weighted by Crippen LogP contribution is 2.11. The number of hydrogen-bond acceptors (Lipinski definition) is 3. The van der Waals surface area contributed by atoms with Crippen molar-refractivity contribution < 1.29 is 13.9 Å². The van der Waals surface area contributed by atoms with Crippen molar-refractivity contribution in [1.29, 1.82) is 0 Å². The van der Waals surface area contributed by atoms with Crippen molar-refractivity contribution in [3.63, 3.8) is 0 Å². The minimum absolute atomic E-state index is 0.0460. The number of ether oxygens (including phenoxy) is 1. The van der Waals surface area contributed by atoms with Crippen LogP contribution in [-0.2, 0) is 11.3 Å². The summed E-state index contributed by atoms with van der Waals surface area (Å²) in [7, 11) is 0. The minimum Gasteiger partial charge on any atom is -0.490 e. The first-order chi connectivity index (χ1) is 13.5. The topological polar surface area (TPSA) is 42.4 Å². The molecule has 4 nitrogen and oxygen atoms in total. The van der Waals surface area contributed by atoms with Gasteiger partial charge in [0, 0.05) is 19.7 Å². The first-order valence-electron chi connectivity index (χ1n) is 10.1. The molecule has 162 valence electrons. The van der Waals surface area contributed by atoms with E-state index in [1.807, 2.05) is 26.8 Å². The van der Waals surface area contributed by atoms with Crippen LogP contribution in [-0.4, -0.2) is 28.9 Å². The normalized spacial score (nSPS) is 10.1. The summed E-state index contributed by atoms with van der Waals surface area (Å²) in [6.45, 7) is 17.5. The maximum Gasteiger partial charge on any atom is 0.219 e. The van der Waals surface area contributed by atoms with Crippen LogP contribution in [0.4, 0.5) is 4.39 Å². The Balaban J connectivity index is 0.000000977. The third kappa shape index (κ3) is 14.3. The van der Waals surface area contributed by atoms with E-state index >= 15 is 0 Å². The number of pyridine rings is 1. The average molecular weight is 405 g/mol. The lowest BCUT2D eigenvalue weighted by Gasteiger charge is -2.21. The van der Waals surface area contributed by atoms with Crippen LogP contribution in [0.3, 0.4) is 0 Å². The van der Waals surface area contributed by atoms with Crippen LogP contribution < -0.4 is 4.74 Å². The van der Waals surface area contributed by atoms with Crippen molar-refractivity contribution >= 4 is 5.91 Å². The molecule has 0 aliphatic rings. The number of aromatic nitrogens is 1. The van der Waals surface area contributed by atoms with Crippen molar-refractivity contribution in [2.24, 2.45) is 5.41 Å². The zero-order valence-electron chi connectivity index (χ0n) is 19.3. The van der Waals surface area contributed by atoms with Gasteiger partial charge in [0.05, 0.1) is 12.7 Å². The lowest BCUT2D eigenvalue weighted by Crippen LogP contribution is -2.32. The molecule has 5 heteroatoms. The fourth-order valence-electron chi connectivity index (χ4n) is 2.04. The molecule has 1 amide bonds. The Morgan fingerprint density at radius 1 is 1.10 bits per heavy atom. The molecule has 0 radical (unpaired) electrons. The van der Waals surface area contributed by atoms with E-state index in [4.69, 9.17) is 4.74 Å². The number of aryl methyl sites for hydroxylation is 1. The van der Waals surface area contributed by atoms with Gasteiger partial charge >= 0.3 is 0 Å². The molecule has 0 saturated carbocycles. The second kappa shape index (κ2) is 13.7. The van der Waals surface area contributed by atoms with Crippen LogP contribution in [0.15, 0.2) is 42.7 Å². The molecule has 0 N–H and O–H groups in total. The van der Waals surface area contributed by atoms with E-state index in [1.165, 1.54) is 19.1 Å². The second-order valence-electron chi connectivity index (χ2n) is 8.11. The average Bonchev–Trinajstić information content (AvgIpc) is 2.63.